The minimum atomic E-state index is -0.437. The van der Waals surface area contributed by atoms with E-state index in [1.54, 1.807) is 67.6 Å². The molecular weight excluding hydrogens is 425 g/mol. The number of nitrogens with one attached hydrogen (secondary N) is 2. The molecule has 2 N–H and O–H groups in total. The lowest BCUT2D eigenvalue weighted by atomic mass is 10.1. The molecule has 1 atom stereocenters. The van der Waals surface area contributed by atoms with Crippen LogP contribution < -0.4 is 14.9 Å². The zero-order valence-corrected chi connectivity index (χ0v) is 17.6. The molecule has 0 aliphatic carbocycles. The molecule has 0 spiro atoms. The average molecular weight is 444 g/mol. The lowest BCUT2D eigenvalue weighted by Crippen LogP contribution is -2.35. The standard InChI is InChI=1S/C22H19ClFN3O2S/c1-14(15-4-8-18(24)9-5-15)25-22(29)27(30)20-12-10-19(11-13-20)26-21(28)16-2-6-17(23)7-3-16/h2-14,30H,1H3,(H,25,29)(H,26,28). The van der Waals surface area contributed by atoms with E-state index in [1.807, 2.05) is 0 Å². The van der Waals surface area contributed by atoms with E-state index in [0.717, 1.165) is 9.87 Å². The maximum absolute atomic E-state index is 13.0. The Kier molecular flexibility index (Phi) is 6.97. The van der Waals surface area contributed by atoms with Crippen molar-refractivity contribution in [1.82, 2.24) is 5.32 Å². The third-order valence-electron chi connectivity index (χ3n) is 4.38. The van der Waals surface area contributed by atoms with Crippen LogP contribution in [0.1, 0.15) is 28.9 Å². The fraction of sp³-hybridized carbons (Fsp3) is 0.0909. The number of thiol groups is 1. The van der Waals surface area contributed by atoms with Gasteiger partial charge in [-0.2, -0.15) is 0 Å². The Morgan fingerprint density at radius 1 is 0.967 bits per heavy atom. The van der Waals surface area contributed by atoms with Crippen molar-refractivity contribution >= 4 is 47.7 Å². The van der Waals surface area contributed by atoms with Crippen LogP contribution in [0.4, 0.5) is 20.6 Å². The molecule has 0 saturated carbocycles. The van der Waals surface area contributed by atoms with E-state index in [1.165, 1.54) is 12.1 Å². The lowest BCUT2D eigenvalue weighted by molar-refractivity contribution is 0.102. The number of hydrogen-bond acceptors (Lipinski definition) is 3. The molecule has 0 bridgehead atoms. The third kappa shape index (κ3) is 5.52. The Morgan fingerprint density at radius 3 is 2.17 bits per heavy atom. The van der Waals surface area contributed by atoms with Crippen molar-refractivity contribution < 1.29 is 14.0 Å². The number of halogens is 2. The van der Waals surface area contributed by atoms with E-state index < -0.39 is 6.03 Å². The van der Waals surface area contributed by atoms with Crippen molar-refractivity contribution in [1.29, 1.82) is 0 Å². The van der Waals surface area contributed by atoms with Crippen molar-refractivity contribution in [2.45, 2.75) is 13.0 Å². The molecule has 0 fully saturated rings. The van der Waals surface area contributed by atoms with Gasteiger partial charge in [0, 0.05) is 16.3 Å². The van der Waals surface area contributed by atoms with Gasteiger partial charge in [-0.25, -0.2) is 13.5 Å². The van der Waals surface area contributed by atoms with Gasteiger partial charge in [-0.3, -0.25) is 4.79 Å². The number of carbonyl (C=O) groups excluding carboxylic acids is 2. The van der Waals surface area contributed by atoms with Crippen LogP contribution in [0, 0.1) is 5.82 Å². The molecule has 3 amide bonds. The average Bonchev–Trinajstić information content (AvgIpc) is 2.74. The van der Waals surface area contributed by atoms with Crippen LogP contribution in [0.2, 0.25) is 5.02 Å². The predicted octanol–water partition coefficient (Wildman–Crippen LogP) is 5.85. The SMILES string of the molecule is CC(NC(=O)N(S)c1ccc(NC(=O)c2ccc(Cl)cc2)cc1)c1ccc(F)cc1. The normalized spacial score (nSPS) is 11.5. The second kappa shape index (κ2) is 9.65. The maximum atomic E-state index is 13.0. The monoisotopic (exact) mass is 443 g/mol. The molecule has 0 heterocycles. The summed E-state index contributed by atoms with van der Waals surface area (Å²) in [7, 11) is 0. The fourth-order valence-electron chi connectivity index (χ4n) is 2.69. The van der Waals surface area contributed by atoms with E-state index in [2.05, 4.69) is 23.4 Å². The number of anilines is 2. The van der Waals surface area contributed by atoms with Gasteiger partial charge in [-0.05, 0) is 73.2 Å². The molecule has 30 heavy (non-hydrogen) atoms. The van der Waals surface area contributed by atoms with E-state index in [4.69, 9.17) is 11.6 Å². The van der Waals surface area contributed by atoms with Gasteiger partial charge in [0.2, 0.25) is 0 Å². The van der Waals surface area contributed by atoms with Gasteiger partial charge >= 0.3 is 6.03 Å². The number of benzene rings is 3. The fourth-order valence-corrected chi connectivity index (χ4v) is 3.01. The quantitative estimate of drug-likeness (QED) is 0.433. The highest BCUT2D eigenvalue weighted by atomic mass is 35.5. The molecule has 0 saturated heterocycles. The number of urea groups is 1. The molecule has 1 unspecified atom stereocenters. The maximum Gasteiger partial charge on any atom is 0.332 e. The van der Waals surface area contributed by atoms with E-state index in [9.17, 15) is 14.0 Å². The third-order valence-corrected chi connectivity index (χ3v) is 5.04. The molecule has 3 rings (SSSR count). The highest BCUT2D eigenvalue weighted by Crippen LogP contribution is 2.22. The summed E-state index contributed by atoms with van der Waals surface area (Å²) in [5, 5.41) is 6.12. The topological polar surface area (TPSA) is 61.4 Å². The number of rotatable bonds is 5. The second-order valence-electron chi connectivity index (χ2n) is 6.54. The number of hydrogen-bond donors (Lipinski definition) is 3. The van der Waals surface area contributed by atoms with Crippen LogP contribution >= 0.6 is 24.4 Å². The Labute approximate surface area is 184 Å². The van der Waals surface area contributed by atoms with Crippen molar-refractivity contribution in [3.63, 3.8) is 0 Å². The van der Waals surface area contributed by atoms with Crippen LogP contribution in [-0.4, -0.2) is 11.9 Å². The first-order valence-electron chi connectivity index (χ1n) is 9.05. The van der Waals surface area contributed by atoms with Gasteiger partial charge in [0.1, 0.15) is 5.82 Å². The minimum Gasteiger partial charge on any atom is -0.330 e. The van der Waals surface area contributed by atoms with Crippen molar-refractivity contribution in [2.24, 2.45) is 0 Å². The second-order valence-corrected chi connectivity index (χ2v) is 7.38. The molecule has 0 aliphatic heterocycles. The summed E-state index contributed by atoms with van der Waals surface area (Å²) in [4.78, 5) is 24.7. The summed E-state index contributed by atoms with van der Waals surface area (Å²) in [6, 6.07) is 18.4. The Morgan fingerprint density at radius 2 is 1.57 bits per heavy atom. The van der Waals surface area contributed by atoms with Crippen LogP contribution in [0.15, 0.2) is 72.8 Å². The van der Waals surface area contributed by atoms with Crippen molar-refractivity contribution in [3.05, 3.63) is 94.8 Å². The largest absolute Gasteiger partial charge is 0.332 e. The first-order valence-corrected chi connectivity index (χ1v) is 9.83. The molecule has 5 nitrogen and oxygen atoms in total. The Balaban J connectivity index is 1.60. The smallest absolute Gasteiger partial charge is 0.330 e. The van der Waals surface area contributed by atoms with Gasteiger partial charge < -0.3 is 10.6 Å². The van der Waals surface area contributed by atoms with Crippen molar-refractivity contribution in [2.75, 3.05) is 9.62 Å². The molecule has 8 heteroatoms. The van der Waals surface area contributed by atoms with Gasteiger partial charge in [-0.15, -0.1) is 0 Å². The molecule has 0 radical (unpaired) electrons. The van der Waals surface area contributed by atoms with Crippen molar-refractivity contribution in [3.8, 4) is 0 Å². The lowest BCUT2D eigenvalue weighted by Gasteiger charge is -2.21. The first kappa shape index (κ1) is 21.7. The Bertz CT molecular complexity index is 1030. The summed E-state index contributed by atoms with van der Waals surface area (Å²) >= 11 is 10.1. The number of carbonyl (C=O) groups is 2. The summed E-state index contributed by atoms with van der Waals surface area (Å²) in [6.45, 7) is 1.79. The minimum absolute atomic E-state index is 0.270. The van der Waals surface area contributed by atoms with Crippen LogP contribution in [0.3, 0.4) is 0 Å². The van der Waals surface area contributed by atoms with Gasteiger partial charge in [0.15, 0.2) is 0 Å². The van der Waals surface area contributed by atoms with Gasteiger partial charge in [0.25, 0.3) is 5.91 Å². The summed E-state index contributed by atoms with van der Waals surface area (Å²) in [5.41, 5.74) is 2.34. The zero-order chi connectivity index (χ0) is 21.7. The number of nitrogens with zero attached hydrogens (tertiary/aromatic N) is 1. The van der Waals surface area contributed by atoms with Crippen LogP contribution in [0.5, 0.6) is 0 Å². The Hall–Kier alpha value is -3.03. The molecule has 3 aromatic rings. The van der Waals surface area contributed by atoms with Crippen LogP contribution in [-0.2, 0) is 0 Å². The summed E-state index contributed by atoms with van der Waals surface area (Å²) in [6.07, 6.45) is 0. The molecule has 154 valence electrons. The van der Waals surface area contributed by atoms with E-state index in [-0.39, 0.29) is 17.8 Å². The number of amides is 3. The molecule has 0 aliphatic rings. The van der Waals surface area contributed by atoms with Gasteiger partial charge in [0.05, 0.1) is 11.7 Å². The highest BCUT2D eigenvalue weighted by molar-refractivity contribution is 7.82. The first-order chi connectivity index (χ1) is 14.3. The zero-order valence-electron chi connectivity index (χ0n) is 16.0. The predicted molar refractivity (Wildman–Crippen MR) is 121 cm³/mol. The van der Waals surface area contributed by atoms with Gasteiger partial charge in [-0.1, -0.05) is 36.5 Å². The molecule has 3 aromatic carbocycles. The van der Waals surface area contributed by atoms with E-state index in [0.29, 0.717) is 22.0 Å². The van der Waals surface area contributed by atoms with Crippen LogP contribution in [0.25, 0.3) is 0 Å². The molecule has 0 aromatic heterocycles. The summed E-state index contributed by atoms with van der Waals surface area (Å²) < 4.78 is 14.2. The molecular formula is C22H19ClFN3O2S. The highest BCUT2D eigenvalue weighted by Gasteiger charge is 2.16. The summed E-state index contributed by atoms with van der Waals surface area (Å²) in [5.74, 6) is -0.607. The van der Waals surface area contributed by atoms with E-state index >= 15 is 0 Å².